The van der Waals surface area contributed by atoms with Crippen molar-refractivity contribution in [2.24, 2.45) is 0 Å². The van der Waals surface area contributed by atoms with Gasteiger partial charge in [-0.2, -0.15) is 5.26 Å². The van der Waals surface area contributed by atoms with E-state index in [0.717, 1.165) is 0 Å². The number of hydrogen-bond acceptors (Lipinski definition) is 4. The molecule has 0 atom stereocenters. The Balaban J connectivity index is 2.21. The average molecular weight is 282 g/mol. The van der Waals surface area contributed by atoms with Crippen molar-refractivity contribution in [3.05, 3.63) is 53.6 Å². The number of hydrogen-bond donors (Lipinski definition) is 1. The standard InChI is InChI=1S/C16H14N2O3/c1-20-13-7-8-14(15(9-13)21-2)16(19)18-12-5-3-11(10-17)4-6-12/h3-9H,1-2H3,(H,18,19). The zero-order valence-corrected chi connectivity index (χ0v) is 11.7. The third-order valence-electron chi connectivity index (χ3n) is 2.93. The van der Waals surface area contributed by atoms with Crippen molar-refractivity contribution in [3.63, 3.8) is 0 Å². The molecule has 0 aliphatic heterocycles. The Kier molecular flexibility index (Phi) is 4.42. The molecule has 1 N–H and O–H groups in total. The van der Waals surface area contributed by atoms with Crippen LogP contribution in [0.15, 0.2) is 42.5 Å². The zero-order chi connectivity index (χ0) is 15.2. The fourth-order valence-electron chi connectivity index (χ4n) is 1.81. The number of amides is 1. The largest absolute Gasteiger partial charge is 0.497 e. The van der Waals surface area contributed by atoms with Gasteiger partial charge in [0.05, 0.1) is 31.4 Å². The van der Waals surface area contributed by atoms with Crippen molar-refractivity contribution in [2.45, 2.75) is 0 Å². The van der Waals surface area contributed by atoms with Crippen LogP contribution in [-0.4, -0.2) is 20.1 Å². The van der Waals surface area contributed by atoms with Gasteiger partial charge >= 0.3 is 0 Å². The lowest BCUT2D eigenvalue weighted by Gasteiger charge is -2.10. The van der Waals surface area contributed by atoms with Gasteiger partial charge in [-0.1, -0.05) is 0 Å². The maximum atomic E-state index is 12.3. The van der Waals surface area contributed by atoms with Crippen LogP contribution in [0.5, 0.6) is 11.5 Å². The molecule has 5 nitrogen and oxygen atoms in total. The van der Waals surface area contributed by atoms with Crippen molar-refractivity contribution >= 4 is 11.6 Å². The molecule has 0 aromatic heterocycles. The van der Waals surface area contributed by atoms with Gasteiger partial charge in [-0.15, -0.1) is 0 Å². The maximum Gasteiger partial charge on any atom is 0.259 e. The zero-order valence-electron chi connectivity index (χ0n) is 11.7. The summed E-state index contributed by atoms with van der Waals surface area (Å²) < 4.78 is 10.3. The summed E-state index contributed by atoms with van der Waals surface area (Å²) in [7, 11) is 3.04. The first-order chi connectivity index (χ1) is 10.2. The number of carbonyl (C=O) groups excluding carboxylic acids is 1. The van der Waals surface area contributed by atoms with Crippen LogP contribution in [0.25, 0.3) is 0 Å². The lowest BCUT2D eigenvalue weighted by atomic mass is 10.1. The van der Waals surface area contributed by atoms with Gasteiger partial charge in [-0.3, -0.25) is 4.79 Å². The molecule has 0 spiro atoms. The molecule has 2 aromatic carbocycles. The van der Waals surface area contributed by atoms with Gasteiger partial charge in [0.1, 0.15) is 11.5 Å². The highest BCUT2D eigenvalue weighted by atomic mass is 16.5. The van der Waals surface area contributed by atoms with E-state index in [1.807, 2.05) is 6.07 Å². The van der Waals surface area contributed by atoms with Crippen LogP contribution in [0.2, 0.25) is 0 Å². The van der Waals surface area contributed by atoms with Crippen LogP contribution in [-0.2, 0) is 0 Å². The molecule has 0 fully saturated rings. The maximum absolute atomic E-state index is 12.3. The van der Waals surface area contributed by atoms with E-state index in [4.69, 9.17) is 14.7 Å². The van der Waals surface area contributed by atoms with E-state index in [0.29, 0.717) is 28.3 Å². The molecule has 0 aliphatic rings. The van der Waals surface area contributed by atoms with Gasteiger partial charge in [-0.25, -0.2) is 0 Å². The highest BCUT2D eigenvalue weighted by Crippen LogP contribution is 2.25. The quantitative estimate of drug-likeness (QED) is 0.936. The fourth-order valence-corrected chi connectivity index (χ4v) is 1.81. The Morgan fingerprint density at radius 3 is 2.38 bits per heavy atom. The molecule has 0 heterocycles. The van der Waals surface area contributed by atoms with Gasteiger partial charge in [0.15, 0.2) is 0 Å². The SMILES string of the molecule is COc1ccc(C(=O)Nc2ccc(C#N)cc2)c(OC)c1. The molecular weight excluding hydrogens is 268 g/mol. The van der Waals surface area contributed by atoms with E-state index in [-0.39, 0.29) is 5.91 Å². The van der Waals surface area contributed by atoms with Crippen LogP contribution < -0.4 is 14.8 Å². The number of methoxy groups -OCH3 is 2. The molecule has 0 aliphatic carbocycles. The number of nitrogens with one attached hydrogen (secondary N) is 1. The smallest absolute Gasteiger partial charge is 0.259 e. The Morgan fingerprint density at radius 1 is 1.10 bits per heavy atom. The molecule has 5 heteroatoms. The van der Waals surface area contributed by atoms with E-state index in [1.54, 1.807) is 49.6 Å². The first kappa shape index (κ1) is 14.4. The lowest BCUT2D eigenvalue weighted by molar-refractivity contribution is 0.102. The molecule has 106 valence electrons. The minimum absolute atomic E-state index is 0.292. The Labute approximate surface area is 122 Å². The molecule has 0 radical (unpaired) electrons. The predicted molar refractivity (Wildman–Crippen MR) is 78.7 cm³/mol. The molecule has 2 rings (SSSR count). The second-order valence-corrected chi connectivity index (χ2v) is 4.21. The van der Waals surface area contributed by atoms with Crippen LogP contribution >= 0.6 is 0 Å². The first-order valence-electron chi connectivity index (χ1n) is 6.21. The number of benzene rings is 2. The van der Waals surface area contributed by atoms with E-state index < -0.39 is 0 Å². The van der Waals surface area contributed by atoms with E-state index in [2.05, 4.69) is 5.32 Å². The third kappa shape index (κ3) is 3.31. The summed E-state index contributed by atoms with van der Waals surface area (Å²) >= 11 is 0. The van der Waals surface area contributed by atoms with Gasteiger partial charge in [0.25, 0.3) is 5.91 Å². The lowest BCUT2D eigenvalue weighted by Crippen LogP contribution is -2.13. The molecule has 0 unspecified atom stereocenters. The van der Waals surface area contributed by atoms with Crippen molar-refractivity contribution in [1.82, 2.24) is 0 Å². The Morgan fingerprint density at radius 2 is 1.81 bits per heavy atom. The molecule has 1 amide bonds. The minimum atomic E-state index is -0.292. The molecule has 2 aromatic rings. The van der Waals surface area contributed by atoms with Crippen LogP contribution in [0.4, 0.5) is 5.69 Å². The van der Waals surface area contributed by atoms with Crippen LogP contribution in [0.3, 0.4) is 0 Å². The topological polar surface area (TPSA) is 71.3 Å². The van der Waals surface area contributed by atoms with Gasteiger partial charge in [0, 0.05) is 11.8 Å². The number of ether oxygens (including phenoxy) is 2. The van der Waals surface area contributed by atoms with E-state index in [9.17, 15) is 4.79 Å². The summed E-state index contributed by atoms with van der Waals surface area (Å²) in [6.45, 7) is 0. The number of rotatable bonds is 4. The summed E-state index contributed by atoms with van der Waals surface area (Å²) in [6, 6.07) is 13.6. The first-order valence-corrected chi connectivity index (χ1v) is 6.21. The Bertz CT molecular complexity index is 688. The Hall–Kier alpha value is -3.00. The molecular formula is C16H14N2O3. The second-order valence-electron chi connectivity index (χ2n) is 4.21. The van der Waals surface area contributed by atoms with Crippen molar-refractivity contribution in [2.75, 3.05) is 19.5 Å². The second kappa shape index (κ2) is 6.44. The summed E-state index contributed by atoms with van der Waals surface area (Å²) in [6.07, 6.45) is 0. The fraction of sp³-hybridized carbons (Fsp3) is 0.125. The van der Waals surface area contributed by atoms with Crippen molar-refractivity contribution < 1.29 is 14.3 Å². The van der Waals surface area contributed by atoms with Gasteiger partial charge < -0.3 is 14.8 Å². The molecule has 0 saturated heterocycles. The monoisotopic (exact) mass is 282 g/mol. The number of anilines is 1. The average Bonchev–Trinajstić information content (AvgIpc) is 2.54. The highest BCUT2D eigenvalue weighted by molar-refractivity contribution is 6.06. The number of nitriles is 1. The molecule has 21 heavy (non-hydrogen) atoms. The third-order valence-corrected chi connectivity index (χ3v) is 2.93. The van der Waals surface area contributed by atoms with Crippen molar-refractivity contribution in [3.8, 4) is 17.6 Å². The number of nitrogens with zero attached hydrogens (tertiary/aromatic N) is 1. The van der Waals surface area contributed by atoms with Gasteiger partial charge in [-0.05, 0) is 36.4 Å². The number of carbonyl (C=O) groups is 1. The van der Waals surface area contributed by atoms with Crippen LogP contribution in [0, 0.1) is 11.3 Å². The summed E-state index contributed by atoms with van der Waals surface area (Å²) in [5.41, 5.74) is 1.55. The summed E-state index contributed by atoms with van der Waals surface area (Å²) in [5.74, 6) is 0.751. The molecule has 0 bridgehead atoms. The molecule has 0 saturated carbocycles. The van der Waals surface area contributed by atoms with Crippen LogP contribution in [0.1, 0.15) is 15.9 Å². The predicted octanol–water partition coefficient (Wildman–Crippen LogP) is 2.83. The van der Waals surface area contributed by atoms with E-state index in [1.165, 1.54) is 7.11 Å². The summed E-state index contributed by atoms with van der Waals surface area (Å²) in [4.78, 5) is 12.3. The van der Waals surface area contributed by atoms with Gasteiger partial charge in [0.2, 0.25) is 0 Å². The minimum Gasteiger partial charge on any atom is -0.497 e. The van der Waals surface area contributed by atoms with Crippen molar-refractivity contribution in [1.29, 1.82) is 5.26 Å². The van der Waals surface area contributed by atoms with E-state index >= 15 is 0 Å². The summed E-state index contributed by atoms with van der Waals surface area (Å²) in [5, 5.41) is 11.5. The normalized spacial score (nSPS) is 9.57. The highest BCUT2D eigenvalue weighted by Gasteiger charge is 2.13.